The van der Waals surface area contributed by atoms with Crippen LogP contribution in [0.25, 0.3) is 0 Å². The molecule has 0 spiro atoms. The molecule has 0 unspecified atom stereocenters. The van der Waals surface area contributed by atoms with E-state index in [-0.39, 0.29) is 18.3 Å². The van der Waals surface area contributed by atoms with E-state index < -0.39 is 44.8 Å². The lowest BCUT2D eigenvalue weighted by atomic mass is 10.0. The molecule has 1 fully saturated rings. The van der Waals surface area contributed by atoms with E-state index in [0.717, 1.165) is 5.56 Å². The number of rotatable bonds is 8. The lowest BCUT2D eigenvalue weighted by Crippen LogP contribution is -2.47. The van der Waals surface area contributed by atoms with Crippen LogP contribution in [0.15, 0.2) is 30.3 Å². The van der Waals surface area contributed by atoms with Crippen LogP contribution in [0, 0.1) is 0 Å². The highest BCUT2D eigenvalue weighted by molar-refractivity contribution is 6.74. The van der Waals surface area contributed by atoms with Gasteiger partial charge in [0.05, 0.1) is 20.3 Å². The van der Waals surface area contributed by atoms with Gasteiger partial charge >= 0.3 is 5.97 Å². The van der Waals surface area contributed by atoms with Gasteiger partial charge in [-0.15, -0.1) is 0 Å². The molecule has 1 heterocycles. The van der Waals surface area contributed by atoms with Crippen LogP contribution >= 0.6 is 0 Å². The van der Waals surface area contributed by atoms with Crippen LogP contribution in [-0.4, -0.2) is 68.7 Å². The molecule has 5 atom stereocenters. The van der Waals surface area contributed by atoms with Gasteiger partial charge in [-0.25, -0.2) is 4.79 Å². The number of methoxy groups -OCH3 is 1. The summed E-state index contributed by atoms with van der Waals surface area (Å²) in [6, 6.07) is 9.46. The highest BCUT2D eigenvalue weighted by Gasteiger charge is 2.51. The Balaban J connectivity index is 2.10. The van der Waals surface area contributed by atoms with Crippen LogP contribution < -0.4 is 0 Å². The summed E-state index contributed by atoms with van der Waals surface area (Å²) in [6.45, 7) is 10.8. The van der Waals surface area contributed by atoms with Crippen molar-refractivity contribution < 1.29 is 33.6 Å². The highest BCUT2D eigenvalue weighted by Crippen LogP contribution is 2.37. The number of benzene rings is 1. The first-order valence-electron chi connectivity index (χ1n) is 9.87. The molecule has 0 saturated carbocycles. The number of carbonyl (C=O) groups is 1. The Morgan fingerprint density at radius 2 is 1.86 bits per heavy atom. The third-order valence-electron chi connectivity index (χ3n) is 5.79. The van der Waals surface area contributed by atoms with Gasteiger partial charge in [0.1, 0.15) is 24.4 Å². The second-order valence-electron chi connectivity index (χ2n) is 8.93. The van der Waals surface area contributed by atoms with Gasteiger partial charge in [0.25, 0.3) is 0 Å². The van der Waals surface area contributed by atoms with Crippen LogP contribution in [0.1, 0.15) is 26.3 Å². The Hall–Kier alpha value is -1.29. The lowest BCUT2D eigenvalue weighted by Gasteiger charge is -2.37. The smallest absolute Gasteiger partial charge is 0.337 e. The predicted molar refractivity (Wildman–Crippen MR) is 111 cm³/mol. The van der Waals surface area contributed by atoms with Crippen molar-refractivity contribution in [3.63, 3.8) is 0 Å². The van der Waals surface area contributed by atoms with E-state index in [0.29, 0.717) is 0 Å². The Kier molecular flexibility index (Phi) is 8.00. The molecule has 0 amide bonds. The molecule has 1 aromatic carbocycles. The first-order chi connectivity index (χ1) is 13.5. The van der Waals surface area contributed by atoms with Crippen LogP contribution in [0.4, 0.5) is 0 Å². The molecular weight excluding hydrogens is 392 g/mol. The van der Waals surface area contributed by atoms with E-state index in [1.165, 1.54) is 7.11 Å². The molecule has 1 aliphatic heterocycles. The molecule has 1 saturated heterocycles. The van der Waals surface area contributed by atoms with Crippen molar-refractivity contribution in [2.75, 3.05) is 13.7 Å². The monoisotopic (exact) mass is 426 g/mol. The molecule has 1 aromatic rings. The summed E-state index contributed by atoms with van der Waals surface area (Å²) >= 11 is 0. The van der Waals surface area contributed by atoms with Crippen molar-refractivity contribution in [2.45, 2.75) is 76.0 Å². The predicted octanol–water partition coefficient (Wildman–Crippen LogP) is 2.26. The highest BCUT2D eigenvalue weighted by atomic mass is 28.4. The van der Waals surface area contributed by atoms with Gasteiger partial charge in [-0.05, 0) is 23.7 Å². The van der Waals surface area contributed by atoms with Crippen molar-refractivity contribution >= 4 is 14.3 Å². The topological polar surface area (TPSA) is 94.5 Å². The fraction of sp³-hybridized carbons (Fsp3) is 0.667. The third-order valence-corrected chi connectivity index (χ3v) is 10.3. The number of aliphatic hydroxyl groups excluding tert-OH is 2. The zero-order valence-corrected chi connectivity index (χ0v) is 19.1. The maximum atomic E-state index is 12.0. The molecule has 7 nitrogen and oxygen atoms in total. The van der Waals surface area contributed by atoms with Crippen molar-refractivity contribution in [3.05, 3.63) is 35.9 Å². The number of ether oxygens (including phenoxy) is 3. The molecule has 0 bridgehead atoms. The van der Waals surface area contributed by atoms with Crippen molar-refractivity contribution in [2.24, 2.45) is 0 Å². The minimum Gasteiger partial charge on any atom is -0.467 e. The Labute approximate surface area is 174 Å². The minimum absolute atomic E-state index is 0.0134. The molecule has 0 radical (unpaired) electrons. The van der Waals surface area contributed by atoms with Crippen LogP contribution in [0.3, 0.4) is 0 Å². The second-order valence-corrected chi connectivity index (χ2v) is 13.7. The summed E-state index contributed by atoms with van der Waals surface area (Å²) in [7, 11) is -0.860. The Morgan fingerprint density at radius 3 is 2.41 bits per heavy atom. The first kappa shape index (κ1) is 24.0. The molecule has 2 rings (SSSR count). The lowest BCUT2D eigenvalue weighted by molar-refractivity contribution is -0.160. The Morgan fingerprint density at radius 1 is 1.24 bits per heavy atom. The largest absolute Gasteiger partial charge is 0.467 e. The maximum Gasteiger partial charge on any atom is 0.337 e. The van der Waals surface area contributed by atoms with Gasteiger partial charge in [-0.2, -0.15) is 0 Å². The van der Waals surface area contributed by atoms with Crippen LogP contribution in [0.2, 0.25) is 18.1 Å². The molecule has 2 N–H and O–H groups in total. The van der Waals surface area contributed by atoms with E-state index in [4.69, 9.17) is 18.6 Å². The molecule has 164 valence electrons. The van der Waals surface area contributed by atoms with Crippen molar-refractivity contribution in [1.82, 2.24) is 0 Å². The quantitative estimate of drug-likeness (QED) is 0.486. The van der Waals surface area contributed by atoms with E-state index in [1.807, 2.05) is 30.3 Å². The summed E-state index contributed by atoms with van der Waals surface area (Å²) in [5.74, 6) is -0.703. The van der Waals surface area contributed by atoms with Gasteiger partial charge in [-0.1, -0.05) is 51.1 Å². The minimum atomic E-state index is -2.08. The third kappa shape index (κ3) is 5.87. The molecule has 0 aromatic heterocycles. The van der Waals surface area contributed by atoms with Gasteiger partial charge in [0, 0.05) is 0 Å². The van der Waals surface area contributed by atoms with Crippen LogP contribution in [0.5, 0.6) is 0 Å². The van der Waals surface area contributed by atoms with Gasteiger partial charge in [0.15, 0.2) is 14.4 Å². The average molecular weight is 427 g/mol. The zero-order chi connectivity index (χ0) is 21.8. The fourth-order valence-corrected chi connectivity index (χ4v) is 3.90. The summed E-state index contributed by atoms with van der Waals surface area (Å²) in [6.07, 6.45) is -5.33. The number of esters is 1. The normalized spacial score (nSPS) is 26.3. The van der Waals surface area contributed by atoms with E-state index in [2.05, 4.69) is 33.9 Å². The number of hydrogen-bond donors (Lipinski definition) is 2. The molecule has 0 aliphatic carbocycles. The van der Waals surface area contributed by atoms with Gasteiger partial charge in [0.2, 0.25) is 0 Å². The zero-order valence-electron chi connectivity index (χ0n) is 18.1. The van der Waals surface area contributed by atoms with Crippen molar-refractivity contribution in [3.8, 4) is 0 Å². The standard InChI is InChI=1S/C21H34O7Si/c1-21(2,3)29(5,6)27-13-15(22)17-18(16(23)19(28-17)20(24)25-4)26-12-14-10-8-7-9-11-14/h7-11,15-19,22-23H,12-13H2,1-6H3/t15-,16-,17-,18-,19+/m1/s1. The summed E-state index contributed by atoms with van der Waals surface area (Å²) in [4.78, 5) is 12.0. The Bertz CT molecular complexity index is 659. The molecule has 1 aliphatic rings. The molecular formula is C21H34O7Si. The summed E-state index contributed by atoms with van der Waals surface area (Å²) in [5.41, 5.74) is 0.909. The van der Waals surface area contributed by atoms with E-state index >= 15 is 0 Å². The average Bonchev–Trinajstić information content (AvgIpc) is 3.00. The number of carbonyl (C=O) groups excluding carboxylic acids is 1. The summed E-state index contributed by atoms with van der Waals surface area (Å²) < 4.78 is 22.4. The first-order valence-corrected chi connectivity index (χ1v) is 12.8. The SMILES string of the molecule is COC(=O)[C@H]1O[C@H]([C@H](O)CO[Si](C)(C)C(C)(C)C)[C@H](OCc2ccccc2)[C@H]1O. The number of hydrogen-bond acceptors (Lipinski definition) is 7. The molecule has 29 heavy (non-hydrogen) atoms. The van der Waals surface area contributed by atoms with Crippen molar-refractivity contribution in [1.29, 1.82) is 0 Å². The van der Waals surface area contributed by atoms with Crippen LogP contribution in [-0.2, 0) is 30.0 Å². The second kappa shape index (κ2) is 9.68. The van der Waals surface area contributed by atoms with E-state index in [9.17, 15) is 15.0 Å². The summed E-state index contributed by atoms with van der Waals surface area (Å²) in [5, 5.41) is 21.4. The fourth-order valence-electron chi connectivity index (χ4n) is 2.88. The van der Waals surface area contributed by atoms with E-state index in [1.54, 1.807) is 0 Å². The van der Waals surface area contributed by atoms with Gasteiger partial charge in [-0.3, -0.25) is 0 Å². The number of aliphatic hydroxyl groups is 2. The van der Waals surface area contributed by atoms with Gasteiger partial charge < -0.3 is 28.8 Å². The molecule has 8 heteroatoms. The maximum absolute atomic E-state index is 12.0.